The van der Waals surface area contributed by atoms with Crippen LogP contribution in [0.2, 0.25) is 0 Å². The Hall–Kier alpha value is -3.38. The SMILES string of the molecule is COc1cccc(C(=O)CSc2nc(-c3ccccc3)n(-c3ccccc3)n2)c1. The fraction of sp³-hybridized carbons (Fsp3) is 0.0870. The molecule has 5 nitrogen and oxygen atoms in total. The number of nitrogens with zero attached hydrogens (tertiary/aromatic N) is 3. The quantitative estimate of drug-likeness (QED) is 0.325. The minimum atomic E-state index is 0.00576. The molecule has 0 aliphatic rings. The molecule has 3 aromatic carbocycles. The largest absolute Gasteiger partial charge is 0.497 e. The van der Waals surface area contributed by atoms with E-state index in [4.69, 9.17) is 9.72 Å². The number of para-hydroxylation sites is 1. The Morgan fingerprint density at radius 2 is 1.69 bits per heavy atom. The molecule has 0 radical (unpaired) electrons. The van der Waals surface area contributed by atoms with Crippen molar-refractivity contribution in [2.75, 3.05) is 12.9 Å². The maximum absolute atomic E-state index is 12.6. The van der Waals surface area contributed by atoms with Gasteiger partial charge in [0.15, 0.2) is 11.6 Å². The van der Waals surface area contributed by atoms with Crippen LogP contribution in [0.15, 0.2) is 90.1 Å². The van der Waals surface area contributed by atoms with E-state index in [0.29, 0.717) is 16.5 Å². The lowest BCUT2D eigenvalue weighted by Crippen LogP contribution is -2.03. The average Bonchev–Trinajstić information content (AvgIpc) is 3.23. The summed E-state index contributed by atoms with van der Waals surface area (Å²) in [7, 11) is 1.59. The first-order chi connectivity index (χ1) is 14.2. The Balaban J connectivity index is 1.60. The first kappa shape index (κ1) is 19.0. The Morgan fingerprint density at radius 1 is 0.966 bits per heavy atom. The van der Waals surface area contributed by atoms with E-state index in [0.717, 1.165) is 17.1 Å². The third-order valence-electron chi connectivity index (χ3n) is 4.34. The van der Waals surface area contributed by atoms with Crippen molar-refractivity contribution >= 4 is 17.5 Å². The molecule has 0 spiro atoms. The Morgan fingerprint density at radius 3 is 2.41 bits per heavy atom. The van der Waals surface area contributed by atoms with Crippen molar-refractivity contribution in [2.45, 2.75) is 5.16 Å². The molecular formula is C23H19N3O2S. The number of methoxy groups -OCH3 is 1. The van der Waals surface area contributed by atoms with Crippen molar-refractivity contribution in [1.82, 2.24) is 14.8 Å². The average molecular weight is 401 g/mol. The normalized spacial score (nSPS) is 10.7. The molecule has 4 rings (SSSR count). The number of ether oxygens (including phenoxy) is 1. The number of benzene rings is 3. The summed E-state index contributed by atoms with van der Waals surface area (Å²) in [5.41, 5.74) is 2.50. The molecule has 0 saturated heterocycles. The van der Waals surface area contributed by atoms with Gasteiger partial charge in [-0.15, -0.1) is 5.10 Å². The number of thioether (sulfide) groups is 1. The van der Waals surface area contributed by atoms with E-state index in [1.54, 1.807) is 19.2 Å². The van der Waals surface area contributed by atoms with Gasteiger partial charge in [0, 0.05) is 11.1 Å². The van der Waals surface area contributed by atoms with Gasteiger partial charge in [0.1, 0.15) is 5.75 Å². The van der Waals surface area contributed by atoms with Crippen LogP contribution in [0.5, 0.6) is 5.75 Å². The van der Waals surface area contributed by atoms with Crippen molar-refractivity contribution in [1.29, 1.82) is 0 Å². The summed E-state index contributed by atoms with van der Waals surface area (Å²) in [6.07, 6.45) is 0. The minimum absolute atomic E-state index is 0.00576. The van der Waals surface area contributed by atoms with E-state index in [-0.39, 0.29) is 11.5 Å². The van der Waals surface area contributed by atoms with Gasteiger partial charge in [-0.3, -0.25) is 4.79 Å². The highest BCUT2D eigenvalue weighted by Gasteiger charge is 2.16. The van der Waals surface area contributed by atoms with Gasteiger partial charge in [0.2, 0.25) is 5.16 Å². The molecule has 144 valence electrons. The van der Waals surface area contributed by atoms with Gasteiger partial charge in [-0.2, -0.15) is 0 Å². The third-order valence-corrected chi connectivity index (χ3v) is 5.18. The summed E-state index contributed by atoms with van der Waals surface area (Å²) in [6.45, 7) is 0. The summed E-state index contributed by atoms with van der Waals surface area (Å²) in [5.74, 6) is 1.67. The number of hydrogen-bond donors (Lipinski definition) is 0. The zero-order valence-corrected chi connectivity index (χ0v) is 16.7. The molecule has 1 aromatic heterocycles. The van der Waals surface area contributed by atoms with E-state index < -0.39 is 0 Å². The van der Waals surface area contributed by atoms with Crippen LogP contribution in [0.4, 0.5) is 0 Å². The lowest BCUT2D eigenvalue weighted by atomic mass is 10.1. The minimum Gasteiger partial charge on any atom is -0.497 e. The highest BCUT2D eigenvalue weighted by molar-refractivity contribution is 7.99. The topological polar surface area (TPSA) is 57.0 Å². The number of Topliss-reactive ketones (excluding diaryl/α,β-unsaturated/α-hetero) is 1. The van der Waals surface area contributed by atoms with Gasteiger partial charge >= 0.3 is 0 Å². The van der Waals surface area contributed by atoms with E-state index >= 15 is 0 Å². The van der Waals surface area contributed by atoms with Gasteiger partial charge in [-0.05, 0) is 24.3 Å². The van der Waals surface area contributed by atoms with Crippen LogP contribution in [0, 0.1) is 0 Å². The van der Waals surface area contributed by atoms with Crippen molar-refractivity contribution in [3.8, 4) is 22.8 Å². The fourth-order valence-corrected chi connectivity index (χ4v) is 3.60. The Labute approximate surface area is 173 Å². The van der Waals surface area contributed by atoms with E-state index in [9.17, 15) is 4.79 Å². The molecule has 0 bridgehead atoms. The molecule has 0 atom stereocenters. The van der Waals surface area contributed by atoms with Crippen LogP contribution in [0.25, 0.3) is 17.1 Å². The maximum Gasteiger partial charge on any atom is 0.209 e. The molecule has 4 aromatic rings. The molecule has 1 heterocycles. The van der Waals surface area contributed by atoms with Crippen LogP contribution in [0.1, 0.15) is 10.4 Å². The standard InChI is InChI=1S/C23H19N3O2S/c1-28-20-14-8-11-18(15-20)21(27)16-29-23-24-22(17-9-4-2-5-10-17)26(25-23)19-12-6-3-7-13-19/h2-15H,16H2,1H3. The molecule has 29 heavy (non-hydrogen) atoms. The van der Waals surface area contributed by atoms with Gasteiger partial charge in [0.05, 0.1) is 18.6 Å². The van der Waals surface area contributed by atoms with E-state index in [1.807, 2.05) is 77.5 Å². The number of aromatic nitrogens is 3. The second-order valence-electron chi connectivity index (χ2n) is 6.28. The lowest BCUT2D eigenvalue weighted by molar-refractivity contribution is 0.102. The molecule has 0 fully saturated rings. The Bertz CT molecular complexity index is 1050. The van der Waals surface area contributed by atoms with Crippen molar-refractivity contribution in [3.05, 3.63) is 90.5 Å². The second-order valence-corrected chi connectivity index (χ2v) is 7.22. The molecule has 0 N–H and O–H groups in total. The predicted molar refractivity (Wildman–Crippen MR) is 115 cm³/mol. The van der Waals surface area contributed by atoms with Crippen LogP contribution >= 0.6 is 11.8 Å². The van der Waals surface area contributed by atoms with Crippen molar-refractivity contribution in [2.24, 2.45) is 0 Å². The molecule has 0 aliphatic carbocycles. The number of rotatable bonds is 7. The molecule has 0 amide bonds. The number of carbonyl (C=O) groups excluding carboxylic acids is 1. The predicted octanol–water partition coefficient (Wildman–Crippen LogP) is 4.92. The molecule has 0 unspecified atom stereocenters. The number of hydrogen-bond acceptors (Lipinski definition) is 5. The zero-order valence-electron chi connectivity index (χ0n) is 15.9. The zero-order chi connectivity index (χ0) is 20.1. The first-order valence-corrected chi connectivity index (χ1v) is 10.1. The third kappa shape index (κ3) is 4.38. The van der Waals surface area contributed by atoms with Gasteiger partial charge in [-0.1, -0.05) is 72.4 Å². The monoisotopic (exact) mass is 401 g/mol. The van der Waals surface area contributed by atoms with Crippen molar-refractivity contribution < 1.29 is 9.53 Å². The van der Waals surface area contributed by atoms with Gasteiger partial charge in [-0.25, -0.2) is 9.67 Å². The van der Waals surface area contributed by atoms with Crippen molar-refractivity contribution in [3.63, 3.8) is 0 Å². The number of carbonyl (C=O) groups is 1. The summed E-state index contributed by atoms with van der Waals surface area (Å²) in [5, 5.41) is 5.21. The summed E-state index contributed by atoms with van der Waals surface area (Å²) in [4.78, 5) is 17.3. The highest BCUT2D eigenvalue weighted by Crippen LogP contribution is 2.25. The van der Waals surface area contributed by atoms with Crippen LogP contribution < -0.4 is 4.74 Å². The van der Waals surface area contributed by atoms with Gasteiger partial charge in [0.25, 0.3) is 0 Å². The molecule has 0 aliphatic heterocycles. The maximum atomic E-state index is 12.6. The molecule has 0 saturated carbocycles. The molecule has 6 heteroatoms. The highest BCUT2D eigenvalue weighted by atomic mass is 32.2. The lowest BCUT2D eigenvalue weighted by Gasteiger charge is -2.05. The van der Waals surface area contributed by atoms with E-state index in [2.05, 4.69) is 5.10 Å². The fourth-order valence-electron chi connectivity index (χ4n) is 2.89. The molecular weight excluding hydrogens is 382 g/mol. The smallest absolute Gasteiger partial charge is 0.209 e. The summed E-state index contributed by atoms with van der Waals surface area (Å²) >= 11 is 1.33. The summed E-state index contributed by atoms with van der Waals surface area (Å²) in [6, 6.07) is 26.9. The van der Waals surface area contributed by atoms with E-state index in [1.165, 1.54) is 11.8 Å². The number of ketones is 1. The Kier molecular flexibility index (Phi) is 5.72. The second kappa shape index (κ2) is 8.75. The van der Waals surface area contributed by atoms with Crippen LogP contribution in [-0.2, 0) is 0 Å². The van der Waals surface area contributed by atoms with Crippen LogP contribution in [0.3, 0.4) is 0 Å². The van der Waals surface area contributed by atoms with Crippen LogP contribution in [-0.4, -0.2) is 33.4 Å². The van der Waals surface area contributed by atoms with Gasteiger partial charge < -0.3 is 4.74 Å². The summed E-state index contributed by atoms with van der Waals surface area (Å²) < 4.78 is 7.01. The first-order valence-electron chi connectivity index (χ1n) is 9.12.